The Labute approximate surface area is 115 Å². The van der Waals surface area contributed by atoms with Gasteiger partial charge in [-0.2, -0.15) is 0 Å². The van der Waals surface area contributed by atoms with Crippen molar-refractivity contribution in [2.24, 2.45) is 11.8 Å². The smallest absolute Gasteiger partial charge is 0.550 e. The Kier molecular flexibility index (Phi) is 4.46. The molecule has 5 nitrogen and oxygen atoms in total. The molecule has 1 aliphatic rings. The molecule has 1 fully saturated rings. The van der Waals surface area contributed by atoms with Crippen LogP contribution >= 0.6 is 0 Å². The molecule has 1 aromatic heterocycles. The molecule has 1 heterocycles. The molecule has 0 radical (unpaired) electrons. The van der Waals surface area contributed by atoms with Crippen LogP contribution in [0.15, 0.2) is 24.5 Å². The fourth-order valence-corrected chi connectivity index (χ4v) is 1.42. The Bertz CT molecular complexity index is 396. The summed E-state index contributed by atoms with van der Waals surface area (Å²) in [5.41, 5.74) is 0.624. The van der Waals surface area contributed by atoms with E-state index in [0.29, 0.717) is 12.1 Å². The van der Waals surface area contributed by atoms with Crippen LogP contribution < -0.4 is 40.0 Å². The van der Waals surface area contributed by atoms with Crippen molar-refractivity contribution in [1.82, 2.24) is 4.98 Å². The van der Waals surface area contributed by atoms with Gasteiger partial charge in [0.05, 0.1) is 0 Å². The van der Waals surface area contributed by atoms with Crippen LogP contribution in [0.3, 0.4) is 0 Å². The standard InChI is InChI=1S/C10H10N2O3.Na/c13-9(7-5-8(7)10(14)15)12-6-1-3-11-4-2-6;/h1-4,7-8H,5H2,(H,14,15)(H,11,12,13);/q;+1/p-1. The summed E-state index contributed by atoms with van der Waals surface area (Å²) < 4.78 is 0. The molecule has 78 valence electrons. The van der Waals surface area contributed by atoms with Crippen LogP contribution in [-0.2, 0) is 9.59 Å². The van der Waals surface area contributed by atoms with Crippen molar-refractivity contribution in [2.45, 2.75) is 6.42 Å². The molecular formula is C10H9N2NaO3. The zero-order chi connectivity index (χ0) is 10.8. The van der Waals surface area contributed by atoms with Crippen molar-refractivity contribution in [3.8, 4) is 0 Å². The van der Waals surface area contributed by atoms with Crippen LogP contribution in [0.2, 0.25) is 0 Å². The number of rotatable bonds is 3. The number of anilines is 1. The summed E-state index contributed by atoms with van der Waals surface area (Å²) in [5.74, 6) is -2.48. The third kappa shape index (κ3) is 3.04. The van der Waals surface area contributed by atoms with E-state index in [2.05, 4.69) is 10.3 Å². The fourth-order valence-electron chi connectivity index (χ4n) is 1.42. The summed E-state index contributed by atoms with van der Waals surface area (Å²) in [7, 11) is 0. The molecule has 0 spiro atoms. The van der Waals surface area contributed by atoms with Gasteiger partial charge in [0.1, 0.15) is 0 Å². The van der Waals surface area contributed by atoms with Gasteiger partial charge >= 0.3 is 29.6 Å². The molecule has 1 aromatic rings. The number of carboxylic acids is 1. The van der Waals surface area contributed by atoms with E-state index in [1.165, 1.54) is 0 Å². The molecule has 0 saturated heterocycles. The maximum atomic E-state index is 11.5. The summed E-state index contributed by atoms with van der Waals surface area (Å²) in [6, 6.07) is 3.29. The summed E-state index contributed by atoms with van der Waals surface area (Å²) >= 11 is 0. The number of carbonyl (C=O) groups is 2. The number of hydrogen-bond donors (Lipinski definition) is 1. The molecule has 0 bridgehead atoms. The van der Waals surface area contributed by atoms with Gasteiger partial charge in [0.2, 0.25) is 5.91 Å². The molecular weight excluding hydrogens is 219 g/mol. The Hall–Kier alpha value is -0.910. The summed E-state index contributed by atoms with van der Waals surface area (Å²) in [6.45, 7) is 0. The van der Waals surface area contributed by atoms with Crippen LogP contribution in [0.4, 0.5) is 5.69 Å². The first-order valence-corrected chi connectivity index (χ1v) is 4.60. The van der Waals surface area contributed by atoms with Gasteiger partial charge in [0, 0.05) is 35.9 Å². The first kappa shape index (κ1) is 13.2. The van der Waals surface area contributed by atoms with Crippen LogP contribution in [-0.4, -0.2) is 16.9 Å². The van der Waals surface area contributed by atoms with E-state index in [1.807, 2.05) is 0 Å². The molecule has 2 atom stereocenters. The van der Waals surface area contributed by atoms with E-state index >= 15 is 0 Å². The second-order valence-electron chi connectivity index (χ2n) is 3.49. The van der Waals surface area contributed by atoms with E-state index in [4.69, 9.17) is 0 Å². The van der Waals surface area contributed by atoms with Crippen LogP contribution in [0, 0.1) is 11.8 Å². The van der Waals surface area contributed by atoms with Gasteiger partial charge in [0.15, 0.2) is 0 Å². The Morgan fingerprint density at radius 1 is 1.31 bits per heavy atom. The molecule has 1 saturated carbocycles. The number of carboxylic acid groups (broad SMARTS) is 1. The molecule has 1 N–H and O–H groups in total. The molecule has 1 amide bonds. The predicted molar refractivity (Wildman–Crippen MR) is 49.5 cm³/mol. The topological polar surface area (TPSA) is 82.1 Å². The maximum Gasteiger partial charge on any atom is 1.00 e. The fraction of sp³-hybridized carbons (Fsp3) is 0.300. The first-order chi connectivity index (χ1) is 7.18. The van der Waals surface area contributed by atoms with E-state index in [1.54, 1.807) is 24.5 Å². The number of carbonyl (C=O) groups excluding carboxylic acids is 2. The van der Waals surface area contributed by atoms with Crippen molar-refractivity contribution in [3.05, 3.63) is 24.5 Å². The van der Waals surface area contributed by atoms with Crippen LogP contribution in [0.25, 0.3) is 0 Å². The molecule has 6 heteroatoms. The van der Waals surface area contributed by atoms with Crippen molar-refractivity contribution in [3.63, 3.8) is 0 Å². The molecule has 2 unspecified atom stereocenters. The van der Waals surface area contributed by atoms with E-state index in [-0.39, 0.29) is 35.5 Å². The van der Waals surface area contributed by atoms with E-state index in [9.17, 15) is 14.7 Å². The Balaban J connectivity index is 0.00000128. The maximum absolute atomic E-state index is 11.5. The van der Waals surface area contributed by atoms with Gasteiger partial charge in [-0.15, -0.1) is 0 Å². The van der Waals surface area contributed by atoms with Gasteiger partial charge < -0.3 is 15.2 Å². The minimum Gasteiger partial charge on any atom is -0.550 e. The summed E-state index contributed by atoms with van der Waals surface area (Å²) in [5, 5.41) is 13.0. The average Bonchev–Trinajstić information content (AvgIpc) is 2.98. The number of pyridine rings is 1. The number of nitrogens with one attached hydrogen (secondary N) is 1. The minimum atomic E-state index is -1.15. The van der Waals surface area contributed by atoms with Gasteiger partial charge in [-0.25, -0.2) is 0 Å². The molecule has 0 aliphatic heterocycles. The SMILES string of the molecule is O=C([O-])C1CC1C(=O)Nc1ccncc1.[Na+]. The monoisotopic (exact) mass is 228 g/mol. The van der Waals surface area contributed by atoms with Crippen LogP contribution in [0.5, 0.6) is 0 Å². The Morgan fingerprint density at radius 3 is 2.44 bits per heavy atom. The third-order valence-electron chi connectivity index (χ3n) is 2.38. The normalized spacial score (nSPS) is 21.8. The average molecular weight is 228 g/mol. The minimum absolute atomic E-state index is 0. The number of nitrogens with zero attached hydrogens (tertiary/aromatic N) is 1. The number of hydrogen-bond acceptors (Lipinski definition) is 4. The number of amides is 1. The second-order valence-corrected chi connectivity index (χ2v) is 3.49. The largest absolute Gasteiger partial charge is 1.00 e. The van der Waals surface area contributed by atoms with Crippen molar-refractivity contribution >= 4 is 17.6 Å². The molecule has 0 aromatic carbocycles. The quantitative estimate of drug-likeness (QED) is 0.542. The zero-order valence-corrected chi connectivity index (χ0v) is 10.8. The van der Waals surface area contributed by atoms with Gasteiger partial charge in [-0.1, -0.05) is 0 Å². The first-order valence-electron chi connectivity index (χ1n) is 4.60. The van der Waals surface area contributed by atoms with Gasteiger partial charge in [-0.05, 0) is 18.6 Å². The van der Waals surface area contributed by atoms with E-state index < -0.39 is 17.8 Å². The molecule has 2 rings (SSSR count). The summed E-state index contributed by atoms with van der Waals surface area (Å²) in [4.78, 5) is 25.7. The van der Waals surface area contributed by atoms with Gasteiger partial charge in [0.25, 0.3) is 0 Å². The van der Waals surface area contributed by atoms with Crippen molar-refractivity contribution in [1.29, 1.82) is 0 Å². The molecule has 16 heavy (non-hydrogen) atoms. The van der Waals surface area contributed by atoms with Crippen LogP contribution in [0.1, 0.15) is 6.42 Å². The third-order valence-corrected chi connectivity index (χ3v) is 2.38. The second kappa shape index (κ2) is 5.43. The molecule has 1 aliphatic carbocycles. The Morgan fingerprint density at radius 2 is 1.94 bits per heavy atom. The zero-order valence-electron chi connectivity index (χ0n) is 8.84. The van der Waals surface area contributed by atoms with Crippen molar-refractivity contribution in [2.75, 3.05) is 5.32 Å². The number of aromatic nitrogens is 1. The van der Waals surface area contributed by atoms with Gasteiger partial charge in [-0.3, -0.25) is 9.78 Å². The van der Waals surface area contributed by atoms with Crippen molar-refractivity contribution < 1.29 is 44.3 Å². The summed E-state index contributed by atoms with van der Waals surface area (Å²) in [6.07, 6.45) is 3.48. The van der Waals surface area contributed by atoms with E-state index in [0.717, 1.165) is 0 Å². The predicted octanol–water partition coefficient (Wildman–Crippen LogP) is -3.59. The number of aliphatic carboxylic acids is 1.